The van der Waals surface area contributed by atoms with Gasteiger partial charge < -0.3 is 14.5 Å². The number of nitrogens with one attached hydrogen (secondary N) is 1. The number of likely N-dealkylation sites (tertiary alicyclic amines) is 1. The summed E-state index contributed by atoms with van der Waals surface area (Å²) in [4.78, 5) is 2.46. The molecule has 1 aromatic heterocycles. The molecule has 0 aromatic carbocycles. The number of piperidine rings is 1. The zero-order chi connectivity index (χ0) is 14.5. The van der Waals surface area contributed by atoms with Crippen molar-refractivity contribution in [2.75, 3.05) is 19.7 Å². The minimum absolute atomic E-state index is 0.407. The maximum Gasteiger partial charge on any atom is 0.118 e. The lowest BCUT2D eigenvalue weighted by Gasteiger charge is -2.31. The second-order valence-corrected chi connectivity index (χ2v) is 6.45. The van der Waals surface area contributed by atoms with Gasteiger partial charge in [0.2, 0.25) is 0 Å². The van der Waals surface area contributed by atoms with E-state index < -0.39 is 0 Å². The van der Waals surface area contributed by atoms with Crippen LogP contribution in [-0.2, 0) is 17.8 Å². The second-order valence-electron chi connectivity index (χ2n) is 6.45. The molecule has 4 heteroatoms. The Morgan fingerprint density at radius 2 is 2.29 bits per heavy atom. The Morgan fingerprint density at radius 3 is 3.10 bits per heavy atom. The quantitative estimate of drug-likeness (QED) is 0.799. The Balaban J connectivity index is 1.44. The summed E-state index contributed by atoms with van der Waals surface area (Å²) in [5.41, 5.74) is 1.27. The van der Waals surface area contributed by atoms with Crippen molar-refractivity contribution in [2.45, 2.75) is 64.3 Å². The van der Waals surface area contributed by atoms with Gasteiger partial charge in [-0.15, -0.1) is 0 Å². The number of hydrogen-bond acceptors (Lipinski definition) is 4. The highest BCUT2D eigenvalue weighted by Gasteiger charge is 2.22. The van der Waals surface area contributed by atoms with Gasteiger partial charge in [-0.25, -0.2) is 0 Å². The monoisotopic (exact) mass is 292 g/mol. The van der Waals surface area contributed by atoms with Gasteiger partial charge in [-0.2, -0.15) is 0 Å². The molecule has 21 heavy (non-hydrogen) atoms. The smallest absolute Gasteiger partial charge is 0.118 e. The summed E-state index contributed by atoms with van der Waals surface area (Å²) in [7, 11) is 0. The van der Waals surface area contributed by atoms with Crippen LogP contribution in [0.15, 0.2) is 16.7 Å². The van der Waals surface area contributed by atoms with Crippen molar-refractivity contribution in [1.82, 2.24) is 10.2 Å². The first kappa shape index (κ1) is 15.1. The van der Waals surface area contributed by atoms with E-state index >= 15 is 0 Å². The summed E-state index contributed by atoms with van der Waals surface area (Å²) in [6.45, 7) is 7.10. The van der Waals surface area contributed by atoms with Crippen molar-refractivity contribution in [2.24, 2.45) is 0 Å². The molecule has 1 aliphatic heterocycles. The third-order valence-electron chi connectivity index (χ3n) is 4.28. The number of rotatable bonds is 8. The van der Waals surface area contributed by atoms with Crippen LogP contribution in [0.2, 0.25) is 0 Å². The van der Waals surface area contributed by atoms with Crippen molar-refractivity contribution >= 4 is 0 Å². The summed E-state index contributed by atoms with van der Waals surface area (Å²) >= 11 is 0. The predicted octanol–water partition coefficient (Wildman–Crippen LogP) is 2.92. The first-order valence-electron chi connectivity index (χ1n) is 8.47. The highest BCUT2D eigenvalue weighted by molar-refractivity contribution is 5.13. The molecule has 0 bridgehead atoms. The molecule has 1 N–H and O–H groups in total. The fourth-order valence-corrected chi connectivity index (χ4v) is 2.95. The third-order valence-corrected chi connectivity index (χ3v) is 4.28. The predicted molar refractivity (Wildman–Crippen MR) is 83.1 cm³/mol. The Bertz CT molecular complexity index is 428. The average Bonchev–Trinajstić information content (AvgIpc) is 3.23. The molecular formula is C17H28N2O2. The van der Waals surface area contributed by atoms with Crippen LogP contribution < -0.4 is 5.32 Å². The SMILES string of the molecule is CCCOC1CCCN(Cc2cc(CNC3CC3)co2)C1. The van der Waals surface area contributed by atoms with Crippen molar-refractivity contribution in [3.05, 3.63) is 23.7 Å². The van der Waals surface area contributed by atoms with Gasteiger partial charge >= 0.3 is 0 Å². The van der Waals surface area contributed by atoms with E-state index in [1.807, 2.05) is 6.26 Å². The van der Waals surface area contributed by atoms with Crippen molar-refractivity contribution in [1.29, 1.82) is 0 Å². The zero-order valence-electron chi connectivity index (χ0n) is 13.1. The van der Waals surface area contributed by atoms with Gasteiger partial charge in [0, 0.05) is 31.3 Å². The first-order valence-corrected chi connectivity index (χ1v) is 8.47. The molecule has 2 aliphatic rings. The molecule has 1 aromatic rings. The summed E-state index contributed by atoms with van der Waals surface area (Å²) in [5.74, 6) is 1.08. The Labute approximate surface area is 127 Å². The molecule has 2 fully saturated rings. The van der Waals surface area contributed by atoms with E-state index in [0.29, 0.717) is 6.10 Å². The summed E-state index contributed by atoms with van der Waals surface area (Å²) in [5, 5.41) is 3.53. The Hall–Kier alpha value is -0.840. The van der Waals surface area contributed by atoms with Crippen molar-refractivity contribution in [3.8, 4) is 0 Å². The Morgan fingerprint density at radius 1 is 1.38 bits per heavy atom. The summed E-state index contributed by atoms with van der Waals surface area (Å²) < 4.78 is 11.6. The molecule has 118 valence electrons. The van der Waals surface area contributed by atoms with Crippen molar-refractivity contribution < 1.29 is 9.15 Å². The van der Waals surface area contributed by atoms with Gasteiger partial charge in [0.25, 0.3) is 0 Å². The molecule has 1 aliphatic carbocycles. The van der Waals surface area contributed by atoms with Gasteiger partial charge in [0.05, 0.1) is 18.9 Å². The van der Waals surface area contributed by atoms with Gasteiger partial charge in [-0.05, 0) is 44.7 Å². The van der Waals surface area contributed by atoms with E-state index in [0.717, 1.165) is 51.0 Å². The minimum atomic E-state index is 0.407. The highest BCUT2D eigenvalue weighted by atomic mass is 16.5. The zero-order valence-corrected chi connectivity index (χ0v) is 13.1. The fraction of sp³-hybridized carbons (Fsp3) is 0.765. The fourth-order valence-electron chi connectivity index (χ4n) is 2.95. The van der Waals surface area contributed by atoms with Crippen molar-refractivity contribution in [3.63, 3.8) is 0 Å². The first-order chi connectivity index (χ1) is 10.3. The molecule has 3 rings (SSSR count). The molecule has 4 nitrogen and oxygen atoms in total. The molecule has 0 radical (unpaired) electrons. The lowest BCUT2D eigenvalue weighted by atomic mass is 10.1. The Kier molecular flexibility index (Phi) is 5.33. The lowest BCUT2D eigenvalue weighted by Crippen LogP contribution is -2.39. The number of nitrogens with zero attached hydrogens (tertiary/aromatic N) is 1. The third kappa shape index (κ3) is 4.83. The van der Waals surface area contributed by atoms with Crippen LogP contribution in [0.1, 0.15) is 50.4 Å². The largest absolute Gasteiger partial charge is 0.468 e. The number of ether oxygens (including phenoxy) is 1. The van der Waals surface area contributed by atoms with E-state index in [4.69, 9.17) is 9.15 Å². The van der Waals surface area contributed by atoms with E-state index in [9.17, 15) is 0 Å². The molecule has 0 amide bonds. The average molecular weight is 292 g/mol. The molecular weight excluding hydrogens is 264 g/mol. The van der Waals surface area contributed by atoms with E-state index in [1.54, 1.807) is 0 Å². The normalized spacial score (nSPS) is 23.6. The minimum Gasteiger partial charge on any atom is -0.468 e. The summed E-state index contributed by atoms with van der Waals surface area (Å²) in [6.07, 6.45) is 8.50. The van der Waals surface area contributed by atoms with Gasteiger partial charge in [0.1, 0.15) is 5.76 Å². The van der Waals surface area contributed by atoms with Gasteiger partial charge in [-0.1, -0.05) is 6.92 Å². The van der Waals surface area contributed by atoms with Crippen LogP contribution in [-0.4, -0.2) is 36.7 Å². The summed E-state index contributed by atoms with van der Waals surface area (Å²) in [6, 6.07) is 2.95. The molecule has 0 spiro atoms. The molecule has 1 saturated heterocycles. The van der Waals surface area contributed by atoms with Crippen LogP contribution in [0, 0.1) is 0 Å². The van der Waals surface area contributed by atoms with E-state index in [-0.39, 0.29) is 0 Å². The number of furan rings is 1. The van der Waals surface area contributed by atoms with Crippen LogP contribution in [0.5, 0.6) is 0 Å². The second kappa shape index (κ2) is 7.43. The van der Waals surface area contributed by atoms with Crippen LogP contribution >= 0.6 is 0 Å². The topological polar surface area (TPSA) is 37.6 Å². The molecule has 1 saturated carbocycles. The standard InChI is InChI=1S/C17H28N2O2/c1-2-8-20-16-4-3-7-19(11-16)12-17-9-14(13-21-17)10-18-15-5-6-15/h9,13,15-16,18H,2-8,10-12H2,1H3. The van der Waals surface area contributed by atoms with Crippen LogP contribution in [0.25, 0.3) is 0 Å². The maximum absolute atomic E-state index is 5.89. The van der Waals surface area contributed by atoms with Crippen LogP contribution in [0.4, 0.5) is 0 Å². The van der Waals surface area contributed by atoms with Gasteiger partial charge in [-0.3, -0.25) is 4.90 Å². The van der Waals surface area contributed by atoms with Gasteiger partial charge in [0.15, 0.2) is 0 Å². The number of hydrogen-bond donors (Lipinski definition) is 1. The lowest BCUT2D eigenvalue weighted by molar-refractivity contribution is -0.00373. The van der Waals surface area contributed by atoms with E-state index in [2.05, 4.69) is 23.2 Å². The van der Waals surface area contributed by atoms with Crippen LogP contribution in [0.3, 0.4) is 0 Å². The molecule has 1 atom stereocenters. The van der Waals surface area contributed by atoms with E-state index in [1.165, 1.54) is 31.2 Å². The molecule has 2 heterocycles. The highest BCUT2D eigenvalue weighted by Crippen LogP contribution is 2.21. The maximum atomic E-state index is 5.89. The molecule has 1 unspecified atom stereocenters.